The maximum atomic E-state index is 7.47. The molecule has 0 atom stereocenters. The van der Waals surface area contributed by atoms with Crippen molar-refractivity contribution in [1.82, 2.24) is 0 Å². The van der Waals surface area contributed by atoms with E-state index in [0.717, 1.165) is 5.56 Å². The Hall–Kier alpha value is -3.71. The molecule has 0 fully saturated rings. The molecule has 1 N–H and O–H groups in total. The van der Waals surface area contributed by atoms with Crippen LogP contribution in [0.4, 0.5) is 0 Å². The standard InChI is InChI=1S/C27H21N/c28-18-10-17-25-26(22-13-6-2-7-14-22)19-24(21-11-4-1-5-12-21)20-27(25)23-15-8-3-9-16-23/h1-20,28H/b17-10+,28-18?. The molecule has 134 valence electrons. The van der Waals surface area contributed by atoms with Crippen LogP contribution >= 0.6 is 0 Å². The summed E-state index contributed by atoms with van der Waals surface area (Å²) in [5, 5.41) is 7.47. The van der Waals surface area contributed by atoms with Crippen LogP contribution in [0.1, 0.15) is 5.56 Å². The molecule has 0 saturated carbocycles. The van der Waals surface area contributed by atoms with Gasteiger partial charge < -0.3 is 5.41 Å². The number of rotatable bonds is 5. The van der Waals surface area contributed by atoms with Crippen LogP contribution in [0, 0.1) is 5.41 Å². The molecule has 0 radical (unpaired) electrons. The van der Waals surface area contributed by atoms with Crippen LogP contribution in [0.15, 0.2) is 109 Å². The predicted molar refractivity (Wildman–Crippen MR) is 121 cm³/mol. The normalized spacial score (nSPS) is 10.9. The lowest BCUT2D eigenvalue weighted by Gasteiger charge is -2.16. The van der Waals surface area contributed by atoms with Gasteiger partial charge in [-0.1, -0.05) is 97.1 Å². The molecular formula is C27H21N. The summed E-state index contributed by atoms with van der Waals surface area (Å²) in [6.45, 7) is 0. The van der Waals surface area contributed by atoms with Crippen molar-refractivity contribution in [2.24, 2.45) is 0 Å². The first kappa shape index (κ1) is 17.7. The maximum absolute atomic E-state index is 7.47. The Morgan fingerprint density at radius 1 is 0.500 bits per heavy atom. The van der Waals surface area contributed by atoms with Gasteiger partial charge in [-0.05, 0) is 57.2 Å². The molecule has 4 rings (SSSR count). The highest BCUT2D eigenvalue weighted by Gasteiger charge is 2.13. The third-order valence-electron chi connectivity index (χ3n) is 4.82. The van der Waals surface area contributed by atoms with Crippen LogP contribution in [0.25, 0.3) is 39.5 Å². The van der Waals surface area contributed by atoms with Gasteiger partial charge >= 0.3 is 0 Å². The number of nitrogens with one attached hydrogen (secondary N) is 1. The summed E-state index contributed by atoms with van der Waals surface area (Å²) < 4.78 is 0. The first-order valence-electron chi connectivity index (χ1n) is 9.38. The molecule has 0 aliphatic rings. The van der Waals surface area contributed by atoms with Gasteiger partial charge in [0.2, 0.25) is 0 Å². The second kappa shape index (κ2) is 8.32. The second-order valence-corrected chi connectivity index (χ2v) is 6.61. The van der Waals surface area contributed by atoms with Crippen LogP contribution in [-0.4, -0.2) is 6.21 Å². The van der Waals surface area contributed by atoms with E-state index >= 15 is 0 Å². The van der Waals surface area contributed by atoms with Gasteiger partial charge in [0.1, 0.15) is 0 Å². The van der Waals surface area contributed by atoms with E-state index in [-0.39, 0.29) is 0 Å². The zero-order chi connectivity index (χ0) is 19.2. The first-order chi connectivity index (χ1) is 13.9. The Morgan fingerprint density at radius 2 is 0.929 bits per heavy atom. The van der Waals surface area contributed by atoms with Crippen LogP contribution in [0.2, 0.25) is 0 Å². The third kappa shape index (κ3) is 3.70. The number of allylic oxidation sites excluding steroid dienone is 1. The van der Waals surface area contributed by atoms with Crippen molar-refractivity contribution in [3.05, 3.63) is 115 Å². The molecule has 1 nitrogen and oxygen atoms in total. The monoisotopic (exact) mass is 359 g/mol. The average molecular weight is 359 g/mol. The van der Waals surface area contributed by atoms with Gasteiger partial charge in [0.05, 0.1) is 0 Å². The zero-order valence-electron chi connectivity index (χ0n) is 15.5. The SMILES string of the molecule is N=C/C=C/c1c(-c2ccccc2)cc(-c2ccccc2)cc1-c1ccccc1. The summed E-state index contributed by atoms with van der Waals surface area (Å²) >= 11 is 0. The summed E-state index contributed by atoms with van der Waals surface area (Å²) in [5.41, 5.74) is 8.17. The first-order valence-corrected chi connectivity index (χ1v) is 9.38. The Kier molecular flexibility index (Phi) is 5.26. The smallest absolute Gasteiger partial charge is 0.0177 e. The molecule has 4 aromatic rings. The summed E-state index contributed by atoms with van der Waals surface area (Å²) in [7, 11) is 0. The van der Waals surface area contributed by atoms with Gasteiger partial charge in [-0.3, -0.25) is 0 Å². The fourth-order valence-electron chi connectivity index (χ4n) is 3.49. The molecule has 0 aliphatic carbocycles. The van der Waals surface area contributed by atoms with Crippen molar-refractivity contribution in [2.45, 2.75) is 0 Å². The van der Waals surface area contributed by atoms with Gasteiger partial charge in [0.15, 0.2) is 0 Å². The Morgan fingerprint density at radius 3 is 1.36 bits per heavy atom. The molecule has 0 aromatic heterocycles. The molecule has 0 amide bonds. The van der Waals surface area contributed by atoms with Gasteiger partial charge in [0.25, 0.3) is 0 Å². The highest BCUT2D eigenvalue weighted by atomic mass is 14.3. The maximum Gasteiger partial charge on any atom is 0.0177 e. The summed E-state index contributed by atoms with van der Waals surface area (Å²) in [4.78, 5) is 0. The highest BCUT2D eigenvalue weighted by molar-refractivity contribution is 5.93. The minimum absolute atomic E-state index is 1.13. The van der Waals surface area contributed by atoms with Crippen LogP contribution in [-0.2, 0) is 0 Å². The topological polar surface area (TPSA) is 23.9 Å². The van der Waals surface area contributed by atoms with Gasteiger partial charge in [-0.2, -0.15) is 0 Å². The Labute approximate surface area is 166 Å². The highest BCUT2D eigenvalue weighted by Crippen LogP contribution is 2.38. The lowest BCUT2D eigenvalue weighted by atomic mass is 9.87. The predicted octanol–water partition coefficient (Wildman–Crippen LogP) is 7.35. The lowest BCUT2D eigenvalue weighted by molar-refractivity contribution is 1.54. The van der Waals surface area contributed by atoms with Crippen molar-refractivity contribution < 1.29 is 0 Å². The van der Waals surface area contributed by atoms with E-state index in [1.54, 1.807) is 6.08 Å². The van der Waals surface area contributed by atoms with Gasteiger partial charge in [0, 0.05) is 6.21 Å². The number of hydrogen-bond acceptors (Lipinski definition) is 1. The largest absolute Gasteiger partial charge is 0.309 e. The Bertz CT molecular complexity index is 1030. The van der Waals surface area contributed by atoms with Crippen LogP contribution in [0.3, 0.4) is 0 Å². The lowest BCUT2D eigenvalue weighted by Crippen LogP contribution is -1.92. The minimum Gasteiger partial charge on any atom is -0.309 e. The van der Waals surface area contributed by atoms with Gasteiger partial charge in [-0.15, -0.1) is 0 Å². The number of benzene rings is 4. The second-order valence-electron chi connectivity index (χ2n) is 6.61. The summed E-state index contributed by atoms with van der Waals surface area (Å²) in [5.74, 6) is 0. The summed E-state index contributed by atoms with van der Waals surface area (Å²) in [6.07, 6.45) is 5.15. The molecule has 0 unspecified atom stereocenters. The molecular weight excluding hydrogens is 338 g/mol. The quantitative estimate of drug-likeness (QED) is 0.360. The molecule has 28 heavy (non-hydrogen) atoms. The van der Waals surface area contributed by atoms with Crippen molar-refractivity contribution >= 4 is 12.3 Å². The van der Waals surface area contributed by atoms with Crippen molar-refractivity contribution in [1.29, 1.82) is 5.41 Å². The van der Waals surface area contributed by atoms with E-state index in [2.05, 4.69) is 84.9 Å². The van der Waals surface area contributed by atoms with E-state index in [1.807, 2.05) is 24.3 Å². The molecule has 1 heteroatoms. The van der Waals surface area contributed by atoms with Crippen molar-refractivity contribution in [2.75, 3.05) is 0 Å². The summed E-state index contributed by atoms with van der Waals surface area (Å²) in [6, 6.07) is 35.9. The van der Waals surface area contributed by atoms with Gasteiger partial charge in [-0.25, -0.2) is 0 Å². The van der Waals surface area contributed by atoms with E-state index in [1.165, 1.54) is 39.6 Å². The average Bonchev–Trinajstić information content (AvgIpc) is 2.79. The van der Waals surface area contributed by atoms with Crippen molar-refractivity contribution in [3.8, 4) is 33.4 Å². The van der Waals surface area contributed by atoms with Crippen LogP contribution < -0.4 is 0 Å². The fraction of sp³-hybridized carbons (Fsp3) is 0. The fourth-order valence-corrected chi connectivity index (χ4v) is 3.49. The molecule has 0 bridgehead atoms. The molecule has 0 spiro atoms. The van der Waals surface area contributed by atoms with E-state index in [0.29, 0.717) is 0 Å². The molecule has 0 saturated heterocycles. The van der Waals surface area contributed by atoms with E-state index in [9.17, 15) is 0 Å². The molecule has 4 aromatic carbocycles. The molecule has 0 aliphatic heterocycles. The number of hydrogen-bond donors (Lipinski definition) is 1. The van der Waals surface area contributed by atoms with Crippen LogP contribution in [0.5, 0.6) is 0 Å². The Balaban J connectivity index is 2.05. The van der Waals surface area contributed by atoms with E-state index in [4.69, 9.17) is 5.41 Å². The molecule has 0 heterocycles. The zero-order valence-corrected chi connectivity index (χ0v) is 15.5. The van der Waals surface area contributed by atoms with E-state index < -0.39 is 0 Å². The third-order valence-corrected chi connectivity index (χ3v) is 4.82. The van der Waals surface area contributed by atoms with Crippen molar-refractivity contribution in [3.63, 3.8) is 0 Å². The minimum atomic E-state index is 1.13.